The van der Waals surface area contributed by atoms with Crippen LogP contribution in [0.1, 0.15) is 20.7 Å². The zero-order valence-corrected chi connectivity index (χ0v) is 16.3. The first-order chi connectivity index (χ1) is 15.0. The second-order valence-electron chi connectivity index (χ2n) is 6.71. The van der Waals surface area contributed by atoms with Crippen molar-refractivity contribution in [2.24, 2.45) is 5.73 Å². The van der Waals surface area contributed by atoms with E-state index in [2.05, 4.69) is 15.3 Å². The molecule has 2 amide bonds. The summed E-state index contributed by atoms with van der Waals surface area (Å²) >= 11 is 0. The Morgan fingerprint density at radius 2 is 1.65 bits per heavy atom. The minimum absolute atomic E-state index is 0.292. The number of amides is 2. The van der Waals surface area contributed by atoms with Gasteiger partial charge in [-0.2, -0.15) is 0 Å². The predicted octanol–water partition coefficient (Wildman–Crippen LogP) is 3.12. The Kier molecular flexibility index (Phi) is 5.44. The number of H-pyrrole nitrogens is 1. The number of aromatic nitrogens is 2. The topological polar surface area (TPSA) is 127 Å². The average Bonchev–Trinajstić information content (AvgIpc) is 3.22. The third kappa shape index (κ3) is 4.43. The predicted molar refractivity (Wildman–Crippen MR) is 115 cm³/mol. The van der Waals surface area contributed by atoms with Crippen molar-refractivity contribution in [2.45, 2.75) is 0 Å². The van der Waals surface area contributed by atoms with Crippen LogP contribution in [0, 0.1) is 0 Å². The zero-order valence-electron chi connectivity index (χ0n) is 16.3. The third-order valence-corrected chi connectivity index (χ3v) is 4.58. The molecule has 1 heterocycles. The van der Waals surface area contributed by atoms with E-state index in [0.717, 1.165) is 11.0 Å². The molecule has 0 fully saturated rings. The summed E-state index contributed by atoms with van der Waals surface area (Å²) in [5.74, 6) is -1.18. The van der Waals surface area contributed by atoms with E-state index in [4.69, 9.17) is 10.5 Å². The van der Waals surface area contributed by atoms with Gasteiger partial charge in [-0.1, -0.05) is 30.3 Å². The summed E-state index contributed by atoms with van der Waals surface area (Å²) in [6.45, 7) is -0.467. The van der Waals surface area contributed by atoms with E-state index in [9.17, 15) is 14.4 Å². The van der Waals surface area contributed by atoms with Gasteiger partial charge in [0.15, 0.2) is 6.61 Å². The van der Waals surface area contributed by atoms with Crippen molar-refractivity contribution in [3.63, 3.8) is 0 Å². The molecule has 31 heavy (non-hydrogen) atoms. The smallest absolute Gasteiger partial charge is 0.339 e. The summed E-state index contributed by atoms with van der Waals surface area (Å²) in [5, 5.41) is 2.59. The summed E-state index contributed by atoms with van der Waals surface area (Å²) in [6, 6.07) is 20.5. The van der Waals surface area contributed by atoms with E-state index in [-0.39, 0.29) is 0 Å². The van der Waals surface area contributed by atoms with Crippen LogP contribution in [0.2, 0.25) is 0 Å². The van der Waals surface area contributed by atoms with Crippen LogP contribution >= 0.6 is 0 Å². The molecule has 0 aliphatic heterocycles. The summed E-state index contributed by atoms with van der Waals surface area (Å²) in [4.78, 5) is 43.6. The number of ether oxygens (including phenoxy) is 1. The average molecular weight is 414 g/mol. The van der Waals surface area contributed by atoms with Gasteiger partial charge in [-0.05, 0) is 42.5 Å². The number of benzene rings is 3. The Labute approximate surface area is 177 Å². The molecule has 0 spiro atoms. The molecule has 0 aliphatic rings. The number of fused-ring (bicyclic) bond motifs is 1. The van der Waals surface area contributed by atoms with Gasteiger partial charge < -0.3 is 20.8 Å². The zero-order chi connectivity index (χ0) is 21.8. The maximum Gasteiger partial charge on any atom is 0.339 e. The number of carbonyl (C=O) groups excluding carboxylic acids is 3. The minimum atomic E-state index is -0.643. The molecule has 0 saturated carbocycles. The number of aromatic amines is 1. The van der Waals surface area contributed by atoms with Crippen molar-refractivity contribution >= 4 is 34.5 Å². The number of nitrogens with two attached hydrogens (primary N) is 1. The number of imidazole rings is 1. The molecule has 4 rings (SSSR count). The number of para-hydroxylation sites is 2. The van der Waals surface area contributed by atoms with Crippen molar-refractivity contribution in [1.82, 2.24) is 9.97 Å². The fourth-order valence-corrected chi connectivity index (χ4v) is 3.07. The van der Waals surface area contributed by atoms with E-state index in [1.165, 1.54) is 24.3 Å². The van der Waals surface area contributed by atoms with Crippen molar-refractivity contribution in [2.75, 3.05) is 11.9 Å². The molecule has 0 bridgehead atoms. The van der Waals surface area contributed by atoms with Crippen molar-refractivity contribution in [3.8, 4) is 11.4 Å². The molecule has 0 radical (unpaired) electrons. The van der Waals surface area contributed by atoms with Crippen LogP contribution in [0.3, 0.4) is 0 Å². The van der Waals surface area contributed by atoms with Crippen LogP contribution in [0.5, 0.6) is 0 Å². The van der Waals surface area contributed by atoms with Crippen LogP contribution in [0.15, 0.2) is 72.8 Å². The fourth-order valence-electron chi connectivity index (χ4n) is 3.07. The lowest BCUT2D eigenvalue weighted by Gasteiger charge is -2.09. The molecule has 0 unspecified atom stereocenters. The summed E-state index contributed by atoms with van der Waals surface area (Å²) in [5.41, 5.74) is 8.46. The third-order valence-electron chi connectivity index (χ3n) is 4.58. The number of hydrogen-bond donors (Lipinski definition) is 3. The van der Waals surface area contributed by atoms with E-state index in [1.54, 1.807) is 24.3 Å². The van der Waals surface area contributed by atoms with Gasteiger partial charge in [0.1, 0.15) is 5.82 Å². The van der Waals surface area contributed by atoms with Gasteiger partial charge in [0.05, 0.1) is 16.6 Å². The Hall–Kier alpha value is -4.46. The Morgan fingerprint density at radius 3 is 2.39 bits per heavy atom. The first-order valence-corrected chi connectivity index (χ1v) is 9.42. The number of primary amides is 1. The Morgan fingerprint density at radius 1 is 0.935 bits per heavy atom. The lowest BCUT2D eigenvalue weighted by atomic mass is 10.1. The number of nitrogens with zero attached hydrogens (tertiary/aromatic N) is 1. The number of anilines is 1. The molecule has 0 aliphatic carbocycles. The number of rotatable bonds is 6. The second-order valence-corrected chi connectivity index (χ2v) is 6.71. The van der Waals surface area contributed by atoms with Gasteiger partial charge in [0.2, 0.25) is 5.91 Å². The number of carbonyl (C=O) groups is 3. The van der Waals surface area contributed by atoms with E-state index < -0.39 is 24.4 Å². The lowest BCUT2D eigenvalue weighted by Crippen LogP contribution is -2.21. The summed E-state index contributed by atoms with van der Waals surface area (Å²) in [7, 11) is 0. The Bertz CT molecular complexity index is 1250. The summed E-state index contributed by atoms with van der Waals surface area (Å²) in [6.07, 6.45) is 0. The standard InChI is InChI=1S/C23H18N4O4/c24-21(29)14-9-11-15(12-10-14)25-20(28)13-31-23(30)17-6-2-1-5-16(17)22-26-18-7-3-4-8-19(18)27-22/h1-12H,13H2,(H2,24,29)(H,25,28)(H,26,27). The van der Waals surface area contributed by atoms with Crippen LogP contribution in [-0.2, 0) is 9.53 Å². The quantitative estimate of drug-likeness (QED) is 0.418. The molecule has 8 heteroatoms. The highest BCUT2D eigenvalue weighted by molar-refractivity contribution is 6.00. The molecule has 0 atom stereocenters. The highest BCUT2D eigenvalue weighted by atomic mass is 16.5. The van der Waals surface area contributed by atoms with Gasteiger partial charge >= 0.3 is 5.97 Å². The van der Waals surface area contributed by atoms with Crippen LogP contribution < -0.4 is 11.1 Å². The largest absolute Gasteiger partial charge is 0.452 e. The molecule has 1 aromatic heterocycles. The number of nitrogens with one attached hydrogen (secondary N) is 2. The summed E-state index contributed by atoms with van der Waals surface area (Å²) < 4.78 is 5.19. The highest BCUT2D eigenvalue weighted by Crippen LogP contribution is 2.24. The minimum Gasteiger partial charge on any atom is -0.452 e. The highest BCUT2D eigenvalue weighted by Gasteiger charge is 2.17. The Balaban J connectivity index is 1.44. The van der Waals surface area contributed by atoms with Crippen molar-refractivity contribution in [1.29, 1.82) is 0 Å². The van der Waals surface area contributed by atoms with E-state index in [1.807, 2.05) is 24.3 Å². The van der Waals surface area contributed by atoms with Crippen molar-refractivity contribution < 1.29 is 19.1 Å². The maximum absolute atomic E-state index is 12.6. The molecular weight excluding hydrogens is 396 g/mol. The first-order valence-electron chi connectivity index (χ1n) is 9.42. The first kappa shape index (κ1) is 19.8. The normalized spacial score (nSPS) is 10.6. The number of hydrogen-bond acceptors (Lipinski definition) is 5. The number of esters is 1. The van der Waals surface area contributed by atoms with Gasteiger partial charge in [0.25, 0.3) is 5.91 Å². The van der Waals surface area contributed by atoms with Crippen molar-refractivity contribution in [3.05, 3.63) is 83.9 Å². The molecule has 4 N–H and O–H groups in total. The molecule has 4 aromatic rings. The maximum atomic E-state index is 12.6. The van der Waals surface area contributed by atoms with Crippen LogP contribution in [-0.4, -0.2) is 34.4 Å². The van der Waals surface area contributed by atoms with Crippen LogP contribution in [0.25, 0.3) is 22.4 Å². The molecule has 3 aromatic carbocycles. The van der Waals surface area contributed by atoms with Gasteiger partial charge in [0, 0.05) is 16.8 Å². The molecule has 154 valence electrons. The van der Waals surface area contributed by atoms with Crippen LogP contribution in [0.4, 0.5) is 5.69 Å². The fraction of sp³-hybridized carbons (Fsp3) is 0.0435. The lowest BCUT2D eigenvalue weighted by molar-refractivity contribution is -0.119. The second kappa shape index (κ2) is 8.50. The SMILES string of the molecule is NC(=O)c1ccc(NC(=O)COC(=O)c2ccccc2-c2nc3ccccc3[nH]2)cc1. The van der Waals surface area contributed by atoms with Gasteiger partial charge in [-0.25, -0.2) is 9.78 Å². The molecular formula is C23H18N4O4. The van der Waals surface area contributed by atoms with E-state index in [0.29, 0.717) is 28.2 Å². The molecule has 0 saturated heterocycles. The monoisotopic (exact) mass is 414 g/mol. The van der Waals surface area contributed by atoms with E-state index >= 15 is 0 Å². The molecule has 8 nitrogen and oxygen atoms in total. The van der Waals surface area contributed by atoms with Gasteiger partial charge in [-0.3, -0.25) is 9.59 Å². The van der Waals surface area contributed by atoms with Gasteiger partial charge in [-0.15, -0.1) is 0 Å².